The predicted molar refractivity (Wildman–Crippen MR) is 70.4 cm³/mol. The fourth-order valence-corrected chi connectivity index (χ4v) is 2.23. The molecule has 1 aromatic rings. The molecule has 0 aromatic heterocycles. The first kappa shape index (κ1) is 14.3. The molecular weight excluding hydrogens is 263 g/mol. The average molecular weight is 280 g/mol. The molecule has 5 nitrogen and oxygen atoms in total. The van der Waals surface area contributed by atoms with Crippen LogP contribution in [0.5, 0.6) is 5.75 Å². The number of primary amides is 1. The van der Waals surface area contributed by atoms with Crippen LogP contribution in [0.15, 0.2) is 24.3 Å². The van der Waals surface area contributed by atoms with Gasteiger partial charge in [0, 0.05) is 13.1 Å². The summed E-state index contributed by atoms with van der Waals surface area (Å²) >= 11 is 0. The number of ether oxygens (including phenoxy) is 1. The van der Waals surface area contributed by atoms with E-state index in [-0.39, 0.29) is 24.2 Å². The number of nitrogens with two attached hydrogens (primary N) is 1. The van der Waals surface area contributed by atoms with Crippen molar-refractivity contribution < 1.29 is 18.7 Å². The number of piperidine rings is 1. The molecule has 0 unspecified atom stereocenters. The highest BCUT2D eigenvalue weighted by atomic mass is 19.1. The number of halogens is 1. The van der Waals surface area contributed by atoms with Crippen molar-refractivity contribution in [1.82, 2.24) is 4.90 Å². The molecular formula is C14H17FN2O3. The van der Waals surface area contributed by atoms with Crippen LogP contribution in [0.2, 0.25) is 0 Å². The summed E-state index contributed by atoms with van der Waals surface area (Å²) < 4.78 is 18.5. The Labute approximate surface area is 116 Å². The molecule has 2 rings (SSSR count). The highest BCUT2D eigenvalue weighted by molar-refractivity contribution is 5.81. The molecule has 2 amide bonds. The molecule has 1 saturated heterocycles. The van der Waals surface area contributed by atoms with Gasteiger partial charge in [-0.15, -0.1) is 0 Å². The smallest absolute Gasteiger partial charge is 0.260 e. The molecule has 20 heavy (non-hydrogen) atoms. The summed E-state index contributed by atoms with van der Waals surface area (Å²) in [5.74, 6) is -1.42. The maximum atomic E-state index is 13.3. The molecule has 0 aliphatic carbocycles. The van der Waals surface area contributed by atoms with E-state index in [9.17, 15) is 14.0 Å². The van der Waals surface area contributed by atoms with Crippen molar-refractivity contribution in [3.63, 3.8) is 0 Å². The van der Waals surface area contributed by atoms with E-state index in [0.29, 0.717) is 19.5 Å². The minimum Gasteiger partial charge on any atom is -0.481 e. The predicted octanol–water partition coefficient (Wildman–Crippen LogP) is 0.928. The van der Waals surface area contributed by atoms with E-state index in [1.807, 2.05) is 0 Å². The fourth-order valence-electron chi connectivity index (χ4n) is 2.23. The number of benzene rings is 1. The Bertz CT molecular complexity index is 507. The number of nitrogens with zero attached hydrogens (tertiary/aromatic N) is 1. The Kier molecular flexibility index (Phi) is 4.55. The zero-order chi connectivity index (χ0) is 14.5. The molecule has 0 bridgehead atoms. The van der Waals surface area contributed by atoms with Gasteiger partial charge in [0.25, 0.3) is 5.91 Å². The average Bonchev–Trinajstić information content (AvgIpc) is 2.46. The number of para-hydroxylation sites is 1. The van der Waals surface area contributed by atoms with Gasteiger partial charge in [-0.05, 0) is 25.0 Å². The van der Waals surface area contributed by atoms with Gasteiger partial charge in [0.15, 0.2) is 18.2 Å². The van der Waals surface area contributed by atoms with Crippen molar-refractivity contribution in [3.05, 3.63) is 30.1 Å². The third-order valence-electron chi connectivity index (χ3n) is 3.36. The normalized spacial score (nSPS) is 18.6. The lowest BCUT2D eigenvalue weighted by Crippen LogP contribution is -2.45. The Morgan fingerprint density at radius 3 is 2.85 bits per heavy atom. The van der Waals surface area contributed by atoms with E-state index in [4.69, 9.17) is 10.5 Å². The van der Waals surface area contributed by atoms with Crippen LogP contribution in [0.4, 0.5) is 4.39 Å². The topological polar surface area (TPSA) is 72.6 Å². The summed E-state index contributed by atoms with van der Waals surface area (Å²) in [5, 5.41) is 0. The number of likely N-dealkylation sites (tertiary alicyclic amines) is 1. The second-order valence-electron chi connectivity index (χ2n) is 4.80. The highest BCUT2D eigenvalue weighted by Gasteiger charge is 2.27. The van der Waals surface area contributed by atoms with Gasteiger partial charge in [-0.1, -0.05) is 12.1 Å². The molecule has 0 spiro atoms. The molecule has 1 aromatic carbocycles. The number of hydrogen-bond acceptors (Lipinski definition) is 3. The molecule has 1 aliphatic heterocycles. The summed E-state index contributed by atoms with van der Waals surface area (Å²) in [6, 6.07) is 5.91. The number of hydrogen-bond donors (Lipinski definition) is 1. The zero-order valence-electron chi connectivity index (χ0n) is 11.0. The minimum atomic E-state index is -0.506. The standard InChI is InChI=1S/C14H17FN2O3/c15-11-5-1-2-6-12(11)20-9-13(18)17-7-3-4-10(8-17)14(16)19/h1-2,5-6,10H,3-4,7-9H2,(H2,16,19)/t10-/m1/s1. The quantitative estimate of drug-likeness (QED) is 0.891. The minimum absolute atomic E-state index is 0.0457. The maximum Gasteiger partial charge on any atom is 0.260 e. The molecule has 1 fully saturated rings. The van der Waals surface area contributed by atoms with Gasteiger partial charge in [0.2, 0.25) is 5.91 Å². The monoisotopic (exact) mass is 280 g/mol. The summed E-state index contributed by atoms with van der Waals surface area (Å²) in [4.78, 5) is 24.7. The van der Waals surface area contributed by atoms with E-state index in [2.05, 4.69) is 0 Å². The fraction of sp³-hybridized carbons (Fsp3) is 0.429. The molecule has 6 heteroatoms. The maximum absolute atomic E-state index is 13.3. The molecule has 0 saturated carbocycles. The van der Waals surface area contributed by atoms with Gasteiger partial charge in [-0.2, -0.15) is 0 Å². The van der Waals surface area contributed by atoms with E-state index < -0.39 is 11.7 Å². The third kappa shape index (κ3) is 3.46. The van der Waals surface area contributed by atoms with E-state index in [1.165, 1.54) is 12.1 Å². The Morgan fingerprint density at radius 2 is 2.15 bits per heavy atom. The largest absolute Gasteiger partial charge is 0.481 e. The first-order valence-corrected chi connectivity index (χ1v) is 6.52. The van der Waals surface area contributed by atoms with Crippen molar-refractivity contribution in [1.29, 1.82) is 0 Å². The summed E-state index contributed by atoms with van der Waals surface area (Å²) in [6.07, 6.45) is 1.44. The van der Waals surface area contributed by atoms with Crippen molar-refractivity contribution in [2.45, 2.75) is 12.8 Å². The highest BCUT2D eigenvalue weighted by Crippen LogP contribution is 2.18. The van der Waals surface area contributed by atoms with Crippen LogP contribution in [-0.4, -0.2) is 36.4 Å². The lowest BCUT2D eigenvalue weighted by atomic mass is 9.97. The number of carbonyl (C=O) groups excluding carboxylic acids is 2. The van der Waals surface area contributed by atoms with Gasteiger partial charge in [-0.3, -0.25) is 9.59 Å². The van der Waals surface area contributed by atoms with Crippen LogP contribution in [0.3, 0.4) is 0 Å². The molecule has 1 aliphatic rings. The van der Waals surface area contributed by atoms with Crippen LogP contribution < -0.4 is 10.5 Å². The summed E-state index contributed by atoms with van der Waals surface area (Å²) in [6.45, 7) is 0.643. The zero-order valence-corrected chi connectivity index (χ0v) is 11.0. The van der Waals surface area contributed by atoms with Crippen molar-refractivity contribution in [2.75, 3.05) is 19.7 Å². The SMILES string of the molecule is NC(=O)[C@@H]1CCCN(C(=O)COc2ccccc2F)C1. The van der Waals surface area contributed by atoms with Gasteiger partial charge in [-0.25, -0.2) is 4.39 Å². The Hall–Kier alpha value is -2.11. The van der Waals surface area contributed by atoms with Crippen LogP contribution in [0, 0.1) is 11.7 Å². The molecule has 0 radical (unpaired) electrons. The summed E-state index contributed by atoms with van der Waals surface area (Å²) in [7, 11) is 0. The van der Waals surface area contributed by atoms with Crippen LogP contribution >= 0.6 is 0 Å². The molecule has 2 N–H and O–H groups in total. The summed E-state index contributed by atoms with van der Waals surface area (Å²) in [5.41, 5.74) is 5.26. The number of rotatable bonds is 4. The third-order valence-corrected chi connectivity index (χ3v) is 3.36. The van der Waals surface area contributed by atoms with Crippen molar-refractivity contribution >= 4 is 11.8 Å². The van der Waals surface area contributed by atoms with Crippen LogP contribution in [0.1, 0.15) is 12.8 Å². The second kappa shape index (κ2) is 6.36. The van der Waals surface area contributed by atoms with E-state index in [0.717, 1.165) is 6.42 Å². The van der Waals surface area contributed by atoms with E-state index >= 15 is 0 Å². The van der Waals surface area contributed by atoms with Crippen molar-refractivity contribution in [2.24, 2.45) is 11.7 Å². The van der Waals surface area contributed by atoms with Crippen LogP contribution in [0.25, 0.3) is 0 Å². The molecule has 108 valence electrons. The van der Waals surface area contributed by atoms with Crippen molar-refractivity contribution in [3.8, 4) is 5.75 Å². The van der Waals surface area contributed by atoms with Crippen LogP contribution in [-0.2, 0) is 9.59 Å². The van der Waals surface area contributed by atoms with Gasteiger partial charge < -0.3 is 15.4 Å². The van der Waals surface area contributed by atoms with Gasteiger partial charge in [0.1, 0.15) is 0 Å². The van der Waals surface area contributed by atoms with Gasteiger partial charge >= 0.3 is 0 Å². The molecule has 1 atom stereocenters. The van der Waals surface area contributed by atoms with Gasteiger partial charge in [0.05, 0.1) is 5.92 Å². The first-order valence-electron chi connectivity index (χ1n) is 6.52. The number of carbonyl (C=O) groups is 2. The van der Waals surface area contributed by atoms with E-state index in [1.54, 1.807) is 17.0 Å². The lowest BCUT2D eigenvalue weighted by molar-refractivity contribution is -0.136. The second-order valence-corrected chi connectivity index (χ2v) is 4.80. The Balaban J connectivity index is 1.89. The lowest BCUT2D eigenvalue weighted by Gasteiger charge is -2.31. The Morgan fingerprint density at radius 1 is 1.40 bits per heavy atom. The first-order chi connectivity index (χ1) is 9.58. The number of amides is 2. The molecule has 1 heterocycles.